The van der Waals surface area contributed by atoms with Gasteiger partial charge in [0, 0.05) is 40.7 Å². The molecule has 0 radical (unpaired) electrons. The van der Waals surface area contributed by atoms with Crippen LogP contribution in [0.4, 0.5) is 11.6 Å². The van der Waals surface area contributed by atoms with Gasteiger partial charge in [-0.2, -0.15) is 10.2 Å². The molecule has 2 aromatic carbocycles. The van der Waals surface area contributed by atoms with E-state index in [1.165, 1.54) is 23.0 Å². The number of aromatic nitrogens is 5. The first-order chi connectivity index (χ1) is 17.7. The highest BCUT2D eigenvalue weighted by atomic mass is 32.2. The number of hydrogen-bond acceptors (Lipinski definition) is 8. The summed E-state index contributed by atoms with van der Waals surface area (Å²) in [6, 6.07) is 23.8. The van der Waals surface area contributed by atoms with Crippen molar-refractivity contribution in [3.8, 4) is 0 Å². The topological polar surface area (TPSA) is 103 Å². The van der Waals surface area contributed by atoms with Crippen molar-refractivity contribution in [3.63, 3.8) is 0 Å². The van der Waals surface area contributed by atoms with Gasteiger partial charge in [0.25, 0.3) is 5.91 Å². The minimum Gasteiger partial charge on any atom is -0.347 e. The first kappa shape index (κ1) is 22.7. The molecule has 1 aliphatic heterocycles. The number of nitrogens with zero attached hydrogens (tertiary/aromatic N) is 5. The summed E-state index contributed by atoms with van der Waals surface area (Å²) >= 11 is 3.20. The lowest BCUT2D eigenvalue weighted by Gasteiger charge is -2.38. The molecule has 4 heterocycles. The van der Waals surface area contributed by atoms with E-state index in [1.54, 1.807) is 16.5 Å². The van der Waals surface area contributed by atoms with Crippen LogP contribution < -0.4 is 10.6 Å². The number of carbonyl (C=O) groups is 1. The second kappa shape index (κ2) is 10.1. The number of hydrogen-bond donors (Lipinski definition) is 3. The maximum atomic E-state index is 12.8. The monoisotopic (exact) mass is 514 g/mol. The van der Waals surface area contributed by atoms with Gasteiger partial charge in [-0.25, -0.2) is 13.8 Å². The fraction of sp³-hybridized carbons (Fsp3) is 0.120. The molecular weight excluding hydrogens is 492 g/mol. The molecule has 0 atom stereocenters. The first-order valence-corrected chi connectivity index (χ1v) is 13.0. The van der Waals surface area contributed by atoms with Gasteiger partial charge in [0.05, 0.1) is 6.04 Å². The Morgan fingerprint density at radius 2 is 1.86 bits per heavy atom. The molecule has 36 heavy (non-hydrogen) atoms. The molecule has 1 saturated heterocycles. The highest BCUT2D eigenvalue weighted by Crippen LogP contribution is 2.30. The van der Waals surface area contributed by atoms with Crippen molar-refractivity contribution in [2.75, 3.05) is 18.4 Å². The van der Waals surface area contributed by atoms with Crippen LogP contribution >= 0.6 is 23.7 Å². The average molecular weight is 515 g/mol. The van der Waals surface area contributed by atoms with Gasteiger partial charge in [0.15, 0.2) is 5.82 Å². The SMILES string of the molecule is O=C(NC1CN(Sc2ccccc2)C1)c1cccc(Sc2cc(Nc3ncnn4cccc34)[nH]n2)c1. The quantitative estimate of drug-likeness (QED) is 0.261. The van der Waals surface area contributed by atoms with E-state index in [4.69, 9.17) is 0 Å². The summed E-state index contributed by atoms with van der Waals surface area (Å²) in [5, 5.41) is 18.7. The molecule has 0 unspecified atom stereocenters. The van der Waals surface area contributed by atoms with E-state index in [2.05, 4.69) is 47.4 Å². The van der Waals surface area contributed by atoms with E-state index in [0.717, 1.165) is 34.3 Å². The number of amides is 1. The zero-order chi connectivity index (χ0) is 24.3. The lowest BCUT2D eigenvalue weighted by Crippen LogP contribution is -2.56. The normalized spacial score (nSPS) is 14.0. The van der Waals surface area contributed by atoms with Crippen molar-refractivity contribution in [3.05, 3.63) is 90.9 Å². The molecule has 180 valence electrons. The molecule has 6 rings (SSSR count). The van der Waals surface area contributed by atoms with Gasteiger partial charge in [-0.15, -0.1) is 0 Å². The molecular formula is C25H22N8OS2. The van der Waals surface area contributed by atoms with Crippen molar-refractivity contribution < 1.29 is 4.79 Å². The van der Waals surface area contributed by atoms with Crippen LogP contribution in [0.5, 0.6) is 0 Å². The number of fused-ring (bicyclic) bond motifs is 1. The van der Waals surface area contributed by atoms with Crippen molar-refractivity contribution in [1.29, 1.82) is 0 Å². The Balaban J connectivity index is 1.04. The van der Waals surface area contributed by atoms with Gasteiger partial charge >= 0.3 is 0 Å². The number of aromatic amines is 1. The van der Waals surface area contributed by atoms with Gasteiger partial charge in [0.2, 0.25) is 0 Å². The number of anilines is 2. The zero-order valence-electron chi connectivity index (χ0n) is 19.0. The molecule has 0 saturated carbocycles. The van der Waals surface area contributed by atoms with Crippen molar-refractivity contribution in [2.24, 2.45) is 0 Å². The summed E-state index contributed by atoms with van der Waals surface area (Å²) < 4.78 is 4.00. The highest BCUT2D eigenvalue weighted by molar-refractivity contribution is 7.99. The van der Waals surface area contributed by atoms with Crippen molar-refractivity contribution >= 4 is 46.8 Å². The first-order valence-electron chi connectivity index (χ1n) is 11.4. The van der Waals surface area contributed by atoms with Crippen LogP contribution in [0.1, 0.15) is 10.4 Å². The lowest BCUT2D eigenvalue weighted by molar-refractivity contribution is 0.0901. The summed E-state index contributed by atoms with van der Waals surface area (Å²) in [6.07, 6.45) is 3.37. The molecule has 0 spiro atoms. The number of rotatable bonds is 8. The van der Waals surface area contributed by atoms with Crippen LogP contribution in [-0.2, 0) is 0 Å². The molecule has 9 nitrogen and oxygen atoms in total. The Morgan fingerprint density at radius 3 is 2.75 bits per heavy atom. The second-order valence-corrected chi connectivity index (χ2v) is 10.5. The minimum atomic E-state index is -0.0591. The maximum absolute atomic E-state index is 12.8. The zero-order valence-corrected chi connectivity index (χ0v) is 20.7. The molecule has 1 fully saturated rings. The molecule has 0 bridgehead atoms. The Bertz CT molecular complexity index is 1500. The summed E-state index contributed by atoms with van der Waals surface area (Å²) in [7, 11) is 0. The van der Waals surface area contributed by atoms with E-state index >= 15 is 0 Å². The van der Waals surface area contributed by atoms with E-state index in [-0.39, 0.29) is 11.9 Å². The Labute approximate surface area is 215 Å². The fourth-order valence-electron chi connectivity index (χ4n) is 3.83. The van der Waals surface area contributed by atoms with Gasteiger partial charge < -0.3 is 10.6 Å². The van der Waals surface area contributed by atoms with Crippen LogP contribution in [0.25, 0.3) is 5.52 Å². The number of carbonyl (C=O) groups excluding carboxylic acids is 1. The predicted molar refractivity (Wildman–Crippen MR) is 141 cm³/mol. The average Bonchev–Trinajstić information content (AvgIpc) is 3.53. The standard InChI is InChI=1S/C25H22N8OS2/c34-25(28-18-14-32(15-18)36-19-7-2-1-3-8-19)17-6-4-9-20(12-17)35-23-13-22(30-31-23)29-24-21-10-5-11-33(21)27-16-26-24/h1-13,16,18H,14-15H2,(H,28,34)(H2,26,27,29,30,31). The maximum Gasteiger partial charge on any atom is 0.251 e. The van der Waals surface area contributed by atoms with E-state index < -0.39 is 0 Å². The van der Waals surface area contributed by atoms with E-state index in [0.29, 0.717) is 11.4 Å². The summed E-state index contributed by atoms with van der Waals surface area (Å²) in [6.45, 7) is 1.65. The van der Waals surface area contributed by atoms with Gasteiger partial charge in [-0.3, -0.25) is 9.89 Å². The fourth-order valence-corrected chi connectivity index (χ4v) is 5.76. The van der Waals surface area contributed by atoms with Crippen LogP contribution in [-0.4, -0.2) is 54.1 Å². The smallest absolute Gasteiger partial charge is 0.251 e. The van der Waals surface area contributed by atoms with Crippen molar-refractivity contribution in [2.45, 2.75) is 20.9 Å². The Kier molecular flexibility index (Phi) is 6.33. The lowest BCUT2D eigenvalue weighted by atomic mass is 10.1. The number of nitrogens with one attached hydrogen (secondary N) is 3. The molecule has 3 aromatic heterocycles. The van der Waals surface area contributed by atoms with Gasteiger partial charge in [0.1, 0.15) is 22.7 Å². The van der Waals surface area contributed by atoms with Crippen molar-refractivity contribution in [1.82, 2.24) is 34.4 Å². The number of benzene rings is 2. The highest BCUT2D eigenvalue weighted by Gasteiger charge is 2.29. The van der Waals surface area contributed by atoms with Crippen LogP contribution in [0.3, 0.4) is 0 Å². The van der Waals surface area contributed by atoms with Crippen LogP contribution in [0.2, 0.25) is 0 Å². The third kappa shape index (κ3) is 5.08. The summed E-state index contributed by atoms with van der Waals surface area (Å²) in [5.74, 6) is 1.35. The van der Waals surface area contributed by atoms with E-state index in [1.807, 2.05) is 66.9 Å². The van der Waals surface area contributed by atoms with Crippen LogP contribution in [0, 0.1) is 0 Å². The van der Waals surface area contributed by atoms with E-state index in [9.17, 15) is 4.79 Å². The predicted octanol–water partition coefficient (Wildman–Crippen LogP) is 4.47. The summed E-state index contributed by atoms with van der Waals surface area (Å²) in [4.78, 5) is 19.3. The van der Waals surface area contributed by atoms with Crippen LogP contribution in [0.15, 0.2) is 100 Å². The van der Waals surface area contributed by atoms with Gasteiger partial charge in [-0.05, 0) is 54.4 Å². The third-order valence-electron chi connectivity index (χ3n) is 5.62. The summed E-state index contributed by atoms with van der Waals surface area (Å²) in [5.41, 5.74) is 1.51. The van der Waals surface area contributed by atoms with Gasteiger partial charge in [-0.1, -0.05) is 36.0 Å². The molecule has 1 amide bonds. The molecule has 0 aliphatic carbocycles. The molecule has 11 heteroatoms. The number of H-pyrrole nitrogens is 1. The Morgan fingerprint density at radius 1 is 1.00 bits per heavy atom. The minimum absolute atomic E-state index is 0.0591. The Hall–Kier alpha value is -3.80. The molecule has 3 N–H and O–H groups in total. The second-order valence-electron chi connectivity index (χ2n) is 8.24. The molecule has 1 aliphatic rings. The third-order valence-corrected chi connectivity index (χ3v) is 7.57. The largest absolute Gasteiger partial charge is 0.347 e. The molecule has 5 aromatic rings.